The molecule has 0 radical (unpaired) electrons. The van der Waals surface area contributed by atoms with E-state index in [-0.39, 0.29) is 19.4 Å². The van der Waals surface area contributed by atoms with E-state index in [0.717, 1.165) is 51.4 Å². The van der Waals surface area contributed by atoms with Crippen LogP contribution in [0.15, 0.2) is 0 Å². The molecule has 1 atom stereocenters. The molecule has 0 aromatic carbocycles. The van der Waals surface area contributed by atoms with E-state index in [1.54, 1.807) is 0 Å². The maximum absolute atomic E-state index is 12.1. The molecule has 0 saturated carbocycles. The van der Waals surface area contributed by atoms with E-state index in [1.165, 1.54) is 38.5 Å². The molecule has 0 aliphatic rings. The van der Waals surface area contributed by atoms with Crippen LogP contribution in [0.4, 0.5) is 0 Å². The van der Waals surface area contributed by atoms with Gasteiger partial charge in [-0.1, -0.05) is 97.3 Å². The maximum Gasteiger partial charge on any atom is 0.469 e. The second-order valence-corrected chi connectivity index (χ2v) is 9.92. The Kier molecular flexibility index (Phi) is 21.0. The molecule has 0 aliphatic heterocycles. The number of carbonyl (C=O) groups is 2. The van der Waals surface area contributed by atoms with Gasteiger partial charge in [-0.05, 0) is 12.8 Å². The van der Waals surface area contributed by atoms with Gasteiger partial charge in [0.25, 0.3) is 0 Å². The molecule has 33 heavy (non-hydrogen) atoms. The van der Waals surface area contributed by atoms with Crippen molar-refractivity contribution in [1.82, 2.24) is 0 Å². The highest BCUT2D eigenvalue weighted by atomic mass is 31.2. The van der Waals surface area contributed by atoms with Gasteiger partial charge in [0.05, 0.1) is 6.61 Å². The lowest BCUT2D eigenvalue weighted by Gasteiger charge is -2.18. The standard InChI is InChI=1S/C24H47O8P/c1-3-5-7-9-10-11-12-13-15-17-19-24(26)32-22(21-31-33(27,28)29)20-30-23(25)18-16-14-8-6-4-2/h22H,3-21H2,1-2H3,(H2,27,28,29)/t22-/m1/s1. The third kappa shape index (κ3) is 24.0. The van der Waals surface area contributed by atoms with Crippen LogP contribution in [0, 0.1) is 0 Å². The van der Waals surface area contributed by atoms with Crippen LogP contribution < -0.4 is 0 Å². The Hall–Kier alpha value is -0.950. The van der Waals surface area contributed by atoms with Gasteiger partial charge in [0.2, 0.25) is 0 Å². The van der Waals surface area contributed by atoms with Crippen LogP contribution in [0.3, 0.4) is 0 Å². The summed E-state index contributed by atoms with van der Waals surface area (Å²) in [6.07, 6.45) is 15.9. The Morgan fingerprint density at radius 2 is 1.09 bits per heavy atom. The third-order valence-electron chi connectivity index (χ3n) is 5.38. The molecule has 0 unspecified atom stereocenters. The van der Waals surface area contributed by atoms with E-state index >= 15 is 0 Å². The largest absolute Gasteiger partial charge is 0.469 e. The van der Waals surface area contributed by atoms with E-state index in [1.807, 2.05) is 0 Å². The van der Waals surface area contributed by atoms with Gasteiger partial charge in [-0.3, -0.25) is 14.1 Å². The van der Waals surface area contributed by atoms with Crippen molar-refractivity contribution in [2.45, 2.75) is 129 Å². The van der Waals surface area contributed by atoms with Crippen molar-refractivity contribution in [3.05, 3.63) is 0 Å². The highest BCUT2D eigenvalue weighted by Crippen LogP contribution is 2.35. The molecule has 8 nitrogen and oxygen atoms in total. The number of ether oxygens (including phenoxy) is 2. The van der Waals surface area contributed by atoms with Gasteiger partial charge in [0, 0.05) is 12.8 Å². The molecule has 0 aromatic heterocycles. The summed E-state index contributed by atoms with van der Waals surface area (Å²) in [5, 5.41) is 0. The number of esters is 2. The Labute approximate surface area is 200 Å². The molecular formula is C24H47O8P. The van der Waals surface area contributed by atoms with Crippen LogP contribution in [-0.4, -0.2) is 41.0 Å². The van der Waals surface area contributed by atoms with Crippen molar-refractivity contribution in [3.8, 4) is 0 Å². The monoisotopic (exact) mass is 494 g/mol. The van der Waals surface area contributed by atoms with Gasteiger partial charge in [-0.25, -0.2) is 4.57 Å². The second kappa shape index (κ2) is 21.6. The third-order valence-corrected chi connectivity index (χ3v) is 5.86. The average molecular weight is 495 g/mol. The van der Waals surface area contributed by atoms with Crippen molar-refractivity contribution in [1.29, 1.82) is 0 Å². The van der Waals surface area contributed by atoms with Gasteiger partial charge < -0.3 is 19.3 Å². The summed E-state index contributed by atoms with van der Waals surface area (Å²) in [6, 6.07) is 0. The van der Waals surface area contributed by atoms with Crippen molar-refractivity contribution >= 4 is 19.8 Å². The highest BCUT2D eigenvalue weighted by Gasteiger charge is 2.22. The molecule has 0 fully saturated rings. The van der Waals surface area contributed by atoms with Crippen molar-refractivity contribution in [2.24, 2.45) is 0 Å². The first-order chi connectivity index (χ1) is 15.8. The lowest BCUT2D eigenvalue weighted by atomic mass is 10.1. The minimum absolute atomic E-state index is 0.217. The molecule has 196 valence electrons. The van der Waals surface area contributed by atoms with E-state index in [9.17, 15) is 14.2 Å². The van der Waals surface area contributed by atoms with Gasteiger partial charge in [-0.15, -0.1) is 0 Å². The predicted molar refractivity (Wildman–Crippen MR) is 129 cm³/mol. The summed E-state index contributed by atoms with van der Waals surface area (Å²) in [5.74, 6) is -0.900. The van der Waals surface area contributed by atoms with Crippen molar-refractivity contribution in [2.75, 3.05) is 13.2 Å². The minimum Gasteiger partial charge on any atom is -0.462 e. The molecule has 0 rings (SSSR count). The van der Waals surface area contributed by atoms with Gasteiger partial charge in [0.1, 0.15) is 6.61 Å². The van der Waals surface area contributed by atoms with Gasteiger partial charge >= 0.3 is 19.8 Å². The zero-order valence-corrected chi connectivity index (χ0v) is 21.7. The van der Waals surface area contributed by atoms with Gasteiger partial charge in [0.15, 0.2) is 6.10 Å². The average Bonchev–Trinajstić information content (AvgIpc) is 2.76. The zero-order chi connectivity index (χ0) is 24.8. The van der Waals surface area contributed by atoms with Crippen LogP contribution in [-0.2, 0) is 28.2 Å². The Morgan fingerprint density at radius 1 is 0.667 bits per heavy atom. The summed E-state index contributed by atoms with van der Waals surface area (Å²) in [5.41, 5.74) is 0. The number of phosphoric ester groups is 1. The molecule has 0 bridgehead atoms. The van der Waals surface area contributed by atoms with Crippen molar-refractivity contribution < 1.29 is 37.9 Å². The second-order valence-electron chi connectivity index (χ2n) is 8.68. The first-order valence-corrected chi connectivity index (χ1v) is 14.4. The highest BCUT2D eigenvalue weighted by molar-refractivity contribution is 7.46. The number of rotatable bonds is 23. The van der Waals surface area contributed by atoms with E-state index in [4.69, 9.17) is 19.3 Å². The first-order valence-electron chi connectivity index (χ1n) is 12.8. The topological polar surface area (TPSA) is 119 Å². The van der Waals surface area contributed by atoms with E-state index < -0.39 is 32.5 Å². The Bertz CT molecular complexity index is 535. The molecule has 0 amide bonds. The molecule has 9 heteroatoms. The Morgan fingerprint density at radius 3 is 1.55 bits per heavy atom. The maximum atomic E-state index is 12.1. The lowest BCUT2D eigenvalue weighted by molar-refractivity contribution is -0.161. The molecule has 0 saturated heterocycles. The fourth-order valence-electron chi connectivity index (χ4n) is 3.43. The first kappa shape index (κ1) is 32.0. The summed E-state index contributed by atoms with van der Waals surface area (Å²) in [4.78, 5) is 41.8. The predicted octanol–water partition coefficient (Wildman–Crippen LogP) is 6.22. The van der Waals surface area contributed by atoms with E-state index in [0.29, 0.717) is 6.42 Å². The van der Waals surface area contributed by atoms with E-state index in [2.05, 4.69) is 18.4 Å². The smallest absolute Gasteiger partial charge is 0.462 e. The number of hydrogen-bond acceptors (Lipinski definition) is 6. The summed E-state index contributed by atoms with van der Waals surface area (Å²) in [6.45, 7) is 3.52. The van der Waals surface area contributed by atoms with Crippen LogP contribution in [0.1, 0.15) is 123 Å². The summed E-state index contributed by atoms with van der Waals surface area (Å²) >= 11 is 0. The molecule has 2 N–H and O–H groups in total. The lowest BCUT2D eigenvalue weighted by Crippen LogP contribution is -2.29. The van der Waals surface area contributed by atoms with Crippen LogP contribution in [0.2, 0.25) is 0 Å². The van der Waals surface area contributed by atoms with Crippen molar-refractivity contribution in [3.63, 3.8) is 0 Å². The molecular weight excluding hydrogens is 447 g/mol. The molecule has 0 aliphatic carbocycles. The fraction of sp³-hybridized carbons (Fsp3) is 0.917. The number of phosphoric acid groups is 1. The quantitative estimate of drug-likeness (QED) is 0.0975. The molecule has 0 heterocycles. The zero-order valence-electron chi connectivity index (χ0n) is 20.8. The minimum atomic E-state index is -4.72. The SMILES string of the molecule is CCCCCCCCCCCCC(=O)O[C@H](COC(=O)CCCCCCC)COP(=O)(O)O. The van der Waals surface area contributed by atoms with Crippen LogP contribution >= 0.6 is 7.82 Å². The molecule has 0 aromatic rings. The Balaban J connectivity index is 4.11. The number of hydrogen-bond donors (Lipinski definition) is 2. The van der Waals surface area contributed by atoms with Crippen LogP contribution in [0.5, 0.6) is 0 Å². The summed E-state index contributed by atoms with van der Waals surface area (Å²) in [7, 11) is -4.72. The van der Waals surface area contributed by atoms with Crippen LogP contribution in [0.25, 0.3) is 0 Å². The fourth-order valence-corrected chi connectivity index (χ4v) is 3.79. The molecule has 0 spiro atoms. The summed E-state index contributed by atoms with van der Waals surface area (Å²) < 4.78 is 25.8. The van der Waals surface area contributed by atoms with Gasteiger partial charge in [-0.2, -0.15) is 0 Å². The number of carbonyl (C=O) groups excluding carboxylic acids is 2. The normalized spacial score (nSPS) is 12.5. The number of unbranched alkanes of at least 4 members (excludes halogenated alkanes) is 13.